The second kappa shape index (κ2) is 5.46. The van der Waals surface area contributed by atoms with Gasteiger partial charge >= 0.3 is 5.00 Å². The predicted octanol–water partition coefficient (Wildman–Crippen LogP) is 2.67. The highest BCUT2D eigenvalue weighted by molar-refractivity contribution is 7.13. The van der Waals surface area contributed by atoms with Gasteiger partial charge in [0, 0.05) is 24.1 Å². The molecule has 2 aromatic heterocycles. The van der Waals surface area contributed by atoms with Crippen molar-refractivity contribution in [3.63, 3.8) is 0 Å². The number of hydrogen-bond donors (Lipinski definition) is 1. The third-order valence-electron chi connectivity index (χ3n) is 2.26. The summed E-state index contributed by atoms with van der Waals surface area (Å²) < 4.78 is 4.95. The van der Waals surface area contributed by atoms with Crippen LogP contribution in [0, 0.1) is 10.1 Å². The largest absolute Gasteiger partial charge is 0.481 e. The molecule has 18 heavy (non-hydrogen) atoms. The summed E-state index contributed by atoms with van der Waals surface area (Å²) in [6.45, 7) is 0.526. The second-order valence-electron chi connectivity index (χ2n) is 3.49. The van der Waals surface area contributed by atoms with E-state index in [1.807, 2.05) is 6.07 Å². The average Bonchev–Trinajstić information content (AvgIpc) is 2.86. The number of aromatic nitrogens is 1. The molecule has 0 radical (unpaired) electrons. The van der Waals surface area contributed by atoms with Gasteiger partial charge in [-0.1, -0.05) is 11.3 Å². The van der Waals surface area contributed by atoms with Crippen LogP contribution >= 0.6 is 11.3 Å². The van der Waals surface area contributed by atoms with Crippen LogP contribution in [-0.2, 0) is 6.54 Å². The minimum atomic E-state index is -0.386. The molecule has 1 N–H and O–H groups in total. The fraction of sp³-hybridized carbons (Fsp3) is 0.182. The van der Waals surface area contributed by atoms with Crippen LogP contribution in [0.3, 0.4) is 0 Å². The monoisotopic (exact) mass is 265 g/mol. The summed E-state index contributed by atoms with van der Waals surface area (Å²) in [6, 6.07) is 5.15. The van der Waals surface area contributed by atoms with Crippen LogP contribution in [0.5, 0.6) is 5.88 Å². The van der Waals surface area contributed by atoms with Gasteiger partial charge in [-0.2, -0.15) is 0 Å². The highest BCUT2D eigenvalue weighted by atomic mass is 32.1. The van der Waals surface area contributed by atoms with Crippen LogP contribution in [0.2, 0.25) is 0 Å². The minimum absolute atomic E-state index is 0.152. The van der Waals surface area contributed by atoms with E-state index in [-0.39, 0.29) is 9.92 Å². The standard InChI is InChI=1S/C11H11N3O3S/c1-17-10-3-2-9(6-13-10)12-5-8-4-11(14(15)16)18-7-8/h2-4,6-7,12H,5H2,1H3. The Balaban J connectivity index is 1.95. The summed E-state index contributed by atoms with van der Waals surface area (Å²) >= 11 is 1.12. The highest BCUT2D eigenvalue weighted by Crippen LogP contribution is 2.23. The van der Waals surface area contributed by atoms with Gasteiger partial charge in [-0.25, -0.2) is 4.98 Å². The molecular formula is C11H11N3O3S. The van der Waals surface area contributed by atoms with E-state index in [0.717, 1.165) is 22.6 Å². The van der Waals surface area contributed by atoms with E-state index in [0.29, 0.717) is 12.4 Å². The Kier molecular flexibility index (Phi) is 3.73. The quantitative estimate of drug-likeness (QED) is 0.664. The van der Waals surface area contributed by atoms with Crippen molar-refractivity contribution in [3.05, 3.63) is 45.5 Å². The van der Waals surface area contributed by atoms with Gasteiger partial charge in [-0.15, -0.1) is 0 Å². The molecule has 0 atom stereocenters. The molecule has 0 aromatic carbocycles. The Labute approximate surface area is 107 Å². The maximum atomic E-state index is 10.5. The molecule has 0 unspecified atom stereocenters. The number of hydrogen-bond acceptors (Lipinski definition) is 6. The van der Waals surface area contributed by atoms with E-state index in [9.17, 15) is 10.1 Å². The van der Waals surface area contributed by atoms with E-state index in [1.165, 1.54) is 0 Å². The van der Waals surface area contributed by atoms with Gasteiger partial charge in [0.25, 0.3) is 0 Å². The smallest absolute Gasteiger partial charge is 0.324 e. The number of anilines is 1. The molecule has 0 saturated heterocycles. The number of rotatable bonds is 5. The summed E-state index contributed by atoms with van der Waals surface area (Å²) in [6.07, 6.45) is 1.65. The highest BCUT2D eigenvalue weighted by Gasteiger charge is 2.09. The summed E-state index contributed by atoms with van der Waals surface area (Å²) in [5, 5.41) is 15.6. The normalized spacial score (nSPS) is 10.1. The SMILES string of the molecule is COc1ccc(NCc2csc([N+](=O)[O-])c2)cn1. The van der Waals surface area contributed by atoms with E-state index in [1.54, 1.807) is 30.8 Å². The molecular weight excluding hydrogens is 254 g/mol. The summed E-state index contributed by atoms with van der Waals surface area (Å²) in [4.78, 5) is 14.2. The lowest BCUT2D eigenvalue weighted by atomic mass is 10.3. The first kappa shape index (κ1) is 12.3. The molecule has 0 fully saturated rings. The molecule has 0 bridgehead atoms. The van der Waals surface area contributed by atoms with Crippen molar-refractivity contribution in [2.75, 3.05) is 12.4 Å². The Hall–Kier alpha value is -2.15. The summed E-state index contributed by atoms with van der Waals surface area (Å²) in [5.41, 5.74) is 1.71. The lowest BCUT2D eigenvalue weighted by Gasteiger charge is -2.04. The van der Waals surface area contributed by atoms with Gasteiger partial charge in [0.05, 0.1) is 23.9 Å². The first-order valence-corrected chi connectivity index (χ1v) is 6.02. The molecule has 0 saturated carbocycles. The molecule has 0 aliphatic rings. The van der Waals surface area contributed by atoms with Gasteiger partial charge < -0.3 is 10.1 Å². The number of ether oxygens (including phenoxy) is 1. The van der Waals surface area contributed by atoms with Crippen LogP contribution < -0.4 is 10.1 Å². The van der Waals surface area contributed by atoms with Crippen LogP contribution in [0.4, 0.5) is 10.7 Å². The average molecular weight is 265 g/mol. The third-order valence-corrected chi connectivity index (χ3v) is 3.19. The van der Waals surface area contributed by atoms with Gasteiger partial charge in [0.1, 0.15) is 0 Å². The van der Waals surface area contributed by atoms with Crippen molar-refractivity contribution in [2.24, 2.45) is 0 Å². The van der Waals surface area contributed by atoms with Crippen molar-refractivity contribution in [3.8, 4) is 5.88 Å². The van der Waals surface area contributed by atoms with Crippen LogP contribution in [-0.4, -0.2) is 17.0 Å². The van der Waals surface area contributed by atoms with Gasteiger partial charge in [0.2, 0.25) is 5.88 Å². The molecule has 0 spiro atoms. The Morgan fingerprint density at radius 3 is 2.94 bits per heavy atom. The van der Waals surface area contributed by atoms with E-state index in [4.69, 9.17) is 4.74 Å². The van der Waals surface area contributed by atoms with Crippen molar-refractivity contribution >= 4 is 22.0 Å². The Morgan fingerprint density at radius 1 is 1.56 bits per heavy atom. The van der Waals surface area contributed by atoms with Crippen molar-refractivity contribution in [1.82, 2.24) is 4.98 Å². The van der Waals surface area contributed by atoms with E-state index >= 15 is 0 Å². The molecule has 0 amide bonds. The molecule has 2 heterocycles. The van der Waals surface area contributed by atoms with Crippen LogP contribution in [0.25, 0.3) is 0 Å². The van der Waals surface area contributed by atoms with Gasteiger partial charge in [0.15, 0.2) is 0 Å². The number of nitro groups is 1. The van der Waals surface area contributed by atoms with E-state index in [2.05, 4.69) is 10.3 Å². The zero-order valence-electron chi connectivity index (χ0n) is 9.62. The molecule has 2 aromatic rings. The summed E-state index contributed by atoms with van der Waals surface area (Å²) in [7, 11) is 1.56. The van der Waals surface area contributed by atoms with Crippen molar-refractivity contribution in [2.45, 2.75) is 6.54 Å². The lowest BCUT2D eigenvalue weighted by Crippen LogP contribution is -1.98. The molecule has 0 aliphatic carbocycles. The lowest BCUT2D eigenvalue weighted by molar-refractivity contribution is -0.380. The fourth-order valence-electron chi connectivity index (χ4n) is 1.36. The van der Waals surface area contributed by atoms with Gasteiger partial charge in [-0.05, 0) is 11.6 Å². The fourth-order valence-corrected chi connectivity index (χ4v) is 2.09. The maximum absolute atomic E-state index is 10.5. The number of thiophene rings is 1. The van der Waals surface area contributed by atoms with Crippen LogP contribution in [0.1, 0.15) is 5.56 Å². The third kappa shape index (κ3) is 2.95. The van der Waals surface area contributed by atoms with Crippen molar-refractivity contribution in [1.29, 1.82) is 0 Å². The Morgan fingerprint density at radius 2 is 2.39 bits per heavy atom. The minimum Gasteiger partial charge on any atom is -0.481 e. The van der Waals surface area contributed by atoms with Gasteiger partial charge in [-0.3, -0.25) is 10.1 Å². The number of methoxy groups -OCH3 is 1. The van der Waals surface area contributed by atoms with Crippen LogP contribution in [0.15, 0.2) is 29.8 Å². The molecule has 6 nitrogen and oxygen atoms in total. The first-order chi connectivity index (χ1) is 8.69. The number of nitrogens with zero attached hydrogens (tertiary/aromatic N) is 2. The topological polar surface area (TPSA) is 77.3 Å². The second-order valence-corrected chi connectivity index (χ2v) is 4.38. The predicted molar refractivity (Wildman–Crippen MR) is 69.1 cm³/mol. The molecule has 0 aliphatic heterocycles. The molecule has 2 rings (SSSR count). The van der Waals surface area contributed by atoms with E-state index < -0.39 is 0 Å². The number of pyridine rings is 1. The van der Waals surface area contributed by atoms with Crippen molar-refractivity contribution < 1.29 is 9.66 Å². The maximum Gasteiger partial charge on any atom is 0.324 e. The Bertz CT molecular complexity index is 539. The number of nitrogens with one attached hydrogen (secondary N) is 1. The molecule has 94 valence electrons. The molecule has 7 heteroatoms. The summed E-state index contributed by atoms with van der Waals surface area (Å²) in [5.74, 6) is 0.548. The zero-order valence-corrected chi connectivity index (χ0v) is 10.4. The first-order valence-electron chi connectivity index (χ1n) is 5.15. The zero-order chi connectivity index (χ0) is 13.0.